The van der Waals surface area contributed by atoms with E-state index in [4.69, 9.17) is 4.74 Å². The standard InChI is InChI=1S/C19H21N5O/c1-14-3-5-15(6-4-14)11-20-18-13-22-24-19(23-18)21-12-16-7-9-17(25-2)10-8-16/h3-10,13H,11-12H2,1-2H3,(H2,20,21,23,24). The second kappa shape index (κ2) is 8.10. The van der Waals surface area contributed by atoms with Crippen LogP contribution in [0.25, 0.3) is 0 Å². The van der Waals surface area contributed by atoms with E-state index in [-0.39, 0.29) is 0 Å². The van der Waals surface area contributed by atoms with Gasteiger partial charge in [-0.25, -0.2) is 0 Å². The maximum atomic E-state index is 5.15. The van der Waals surface area contributed by atoms with Crippen LogP contribution in [0.3, 0.4) is 0 Å². The zero-order valence-electron chi connectivity index (χ0n) is 14.4. The van der Waals surface area contributed by atoms with Gasteiger partial charge in [-0.1, -0.05) is 42.0 Å². The van der Waals surface area contributed by atoms with Crippen molar-refractivity contribution in [2.45, 2.75) is 20.0 Å². The zero-order chi connectivity index (χ0) is 17.5. The van der Waals surface area contributed by atoms with Crippen LogP contribution < -0.4 is 15.4 Å². The molecule has 25 heavy (non-hydrogen) atoms. The van der Waals surface area contributed by atoms with Crippen LogP contribution >= 0.6 is 0 Å². The molecule has 0 bridgehead atoms. The summed E-state index contributed by atoms with van der Waals surface area (Å²) in [5, 5.41) is 14.5. The number of nitrogens with one attached hydrogen (secondary N) is 2. The predicted molar refractivity (Wildman–Crippen MR) is 98.7 cm³/mol. The molecule has 0 fully saturated rings. The van der Waals surface area contributed by atoms with Gasteiger partial charge in [-0.2, -0.15) is 10.1 Å². The van der Waals surface area contributed by atoms with Gasteiger partial charge in [0, 0.05) is 13.1 Å². The van der Waals surface area contributed by atoms with Crippen molar-refractivity contribution >= 4 is 11.8 Å². The van der Waals surface area contributed by atoms with Crippen LogP contribution in [0.1, 0.15) is 16.7 Å². The molecule has 6 heteroatoms. The minimum atomic E-state index is 0.490. The average molecular weight is 335 g/mol. The molecule has 0 amide bonds. The van der Waals surface area contributed by atoms with E-state index >= 15 is 0 Å². The topological polar surface area (TPSA) is 72.0 Å². The normalized spacial score (nSPS) is 10.3. The van der Waals surface area contributed by atoms with E-state index in [1.54, 1.807) is 13.3 Å². The van der Waals surface area contributed by atoms with E-state index in [9.17, 15) is 0 Å². The fraction of sp³-hybridized carbons (Fsp3) is 0.211. The van der Waals surface area contributed by atoms with E-state index in [1.807, 2.05) is 24.3 Å². The van der Waals surface area contributed by atoms with Crippen LogP contribution in [0.4, 0.5) is 11.8 Å². The highest BCUT2D eigenvalue weighted by Crippen LogP contribution is 2.13. The van der Waals surface area contributed by atoms with E-state index in [0.717, 1.165) is 11.3 Å². The first-order chi connectivity index (χ1) is 12.2. The lowest BCUT2D eigenvalue weighted by Crippen LogP contribution is -2.08. The van der Waals surface area contributed by atoms with Gasteiger partial charge in [-0.3, -0.25) is 0 Å². The fourth-order valence-corrected chi connectivity index (χ4v) is 2.29. The van der Waals surface area contributed by atoms with E-state index in [1.165, 1.54) is 11.1 Å². The first kappa shape index (κ1) is 16.7. The Labute approximate surface area is 147 Å². The summed E-state index contributed by atoms with van der Waals surface area (Å²) in [4.78, 5) is 4.43. The van der Waals surface area contributed by atoms with Crippen molar-refractivity contribution in [1.82, 2.24) is 15.2 Å². The molecule has 0 saturated heterocycles. The lowest BCUT2D eigenvalue weighted by molar-refractivity contribution is 0.414. The first-order valence-electron chi connectivity index (χ1n) is 8.09. The molecule has 3 rings (SSSR count). The molecular weight excluding hydrogens is 314 g/mol. The summed E-state index contributed by atoms with van der Waals surface area (Å²) in [6.07, 6.45) is 1.62. The molecule has 0 aliphatic heterocycles. The summed E-state index contributed by atoms with van der Waals surface area (Å²) < 4.78 is 5.15. The highest BCUT2D eigenvalue weighted by Gasteiger charge is 2.02. The lowest BCUT2D eigenvalue weighted by atomic mass is 10.1. The van der Waals surface area contributed by atoms with Gasteiger partial charge >= 0.3 is 0 Å². The van der Waals surface area contributed by atoms with Crippen LogP contribution in [0, 0.1) is 6.92 Å². The highest BCUT2D eigenvalue weighted by atomic mass is 16.5. The van der Waals surface area contributed by atoms with Crippen molar-refractivity contribution in [1.29, 1.82) is 0 Å². The zero-order valence-corrected chi connectivity index (χ0v) is 14.4. The highest BCUT2D eigenvalue weighted by molar-refractivity contribution is 5.39. The minimum Gasteiger partial charge on any atom is -0.497 e. The Morgan fingerprint density at radius 2 is 1.52 bits per heavy atom. The van der Waals surface area contributed by atoms with E-state index in [0.29, 0.717) is 24.9 Å². The molecule has 1 aromatic heterocycles. The molecule has 2 aromatic carbocycles. The number of ether oxygens (including phenoxy) is 1. The Morgan fingerprint density at radius 3 is 2.20 bits per heavy atom. The summed E-state index contributed by atoms with van der Waals surface area (Å²) in [7, 11) is 1.65. The maximum absolute atomic E-state index is 5.15. The van der Waals surface area contributed by atoms with E-state index < -0.39 is 0 Å². The summed E-state index contributed by atoms with van der Waals surface area (Å²) in [6.45, 7) is 3.39. The number of hydrogen-bond acceptors (Lipinski definition) is 6. The number of aromatic nitrogens is 3. The Bertz CT molecular complexity index is 803. The largest absolute Gasteiger partial charge is 0.497 e. The SMILES string of the molecule is COc1ccc(CNc2nncc(NCc3ccc(C)cc3)n2)cc1. The summed E-state index contributed by atoms with van der Waals surface area (Å²) >= 11 is 0. The molecule has 6 nitrogen and oxygen atoms in total. The third-order valence-electron chi connectivity index (χ3n) is 3.76. The van der Waals surface area contributed by atoms with Crippen molar-refractivity contribution in [3.8, 4) is 5.75 Å². The molecule has 3 aromatic rings. The Balaban J connectivity index is 1.56. The van der Waals surface area contributed by atoms with Crippen molar-refractivity contribution in [3.05, 3.63) is 71.4 Å². The third-order valence-corrected chi connectivity index (χ3v) is 3.76. The summed E-state index contributed by atoms with van der Waals surface area (Å²) in [5.41, 5.74) is 3.55. The third kappa shape index (κ3) is 4.91. The van der Waals surface area contributed by atoms with Gasteiger partial charge in [0.25, 0.3) is 0 Å². The smallest absolute Gasteiger partial charge is 0.244 e. The molecule has 0 radical (unpaired) electrons. The van der Waals surface area contributed by atoms with Gasteiger partial charge < -0.3 is 15.4 Å². The van der Waals surface area contributed by atoms with Crippen molar-refractivity contribution in [3.63, 3.8) is 0 Å². The second-order valence-electron chi connectivity index (χ2n) is 5.71. The number of methoxy groups -OCH3 is 1. The number of hydrogen-bond donors (Lipinski definition) is 2. The quantitative estimate of drug-likeness (QED) is 0.689. The molecule has 1 heterocycles. The number of anilines is 2. The lowest BCUT2D eigenvalue weighted by Gasteiger charge is -2.08. The molecule has 2 N–H and O–H groups in total. The second-order valence-corrected chi connectivity index (χ2v) is 5.71. The van der Waals surface area contributed by atoms with Crippen LogP contribution in [-0.2, 0) is 13.1 Å². The fourth-order valence-electron chi connectivity index (χ4n) is 2.29. The predicted octanol–water partition coefficient (Wildman–Crippen LogP) is 3.41. The number of benzene rings is 2. The maximum Gasteiger partial charge on any atom is 0.244 e. The van der Waals surface area contributed by atoms with Crippen molar-refractivity contribution in [2.75, 3.05) is 17.7 Å². The molecule has 0 saturated carbocycles. The summed E-state index contributed by atoms with van der Waals surface area (Å²) in [6, 6.07) is 16.2. The van der Waals surface area contributed by atoms with Gasteiger partial charge in [0.15, 0.2) is 5.82 Å². The van der Waals surface area contributed by atoms with Gasteiger partial charge in [0.05, 0.1) is 13.3 Å². The molecular formula is C19H21N5O. The number of rotatable bonds is 7. The summed E-state index contributed by atoms with van der Waals surface area (Å²) in [5.74, 6) is 2.02. The van der Waals surface area contributed by atoms with Crippen LogP contribution in [-0.4, -0.2) is 22.3 Å². The molecule has 0 unspecified atom stereocenters. The van der Waals surface area contributed by atoms with Crippen LogP contribution in [0.2, 0.25) is 0 Å². The minimum absolute atomic E-state index is 0.490. The number of aryl methyl sites for hydroxylation is 1. The molecule has 0 aliphatic carbocycles. The van der Waals surface area contributed by atoms with Gasteiger partial charge in [0.1, 0.15) is 5.75 Å². The van der Waals surface area contributed by atoms with Crippen molar-refractivity contribution in [2.24, 2.45) is 0 Å². The average Bonchev–Trinajstić information content (AvgIpc) is 2.67. The Kier molecular flexibility index (Phi) is 5.41. The van der Waals surface area contributed by atoms with E-state index in [2.05, 4.69) is 57.0 Å². The van der Waals surface area contributed by atoms with Gasteiger partial charge in [-0.15, -0.1) is 5.10 Å². The molecule has 0 atom stereocenters. The molecule has 0 spiro atoms. The van der Waals surface area contributed by atoms with Gasteiger partial charge in [0.2, 0.25) is 5.95 Å². The van der Waals surface area contributed by atoms with Crippen LogP contribution in [0.15, 0.2) is 54.7 Å². The monoisotopic (exact) mass is 335 g/mol. The van der Waals surface area contributed by atoms with Crippen molar-refractivity contribution < 1.29 is 4.74 Å². The van der Waals surface area contributed by atoms with Crippen LogP contribution in [0.5, 0.6) is 5.75 Å². The Morgan fingerprint density at radius 1 is 0.880 bits per heavy atom. The molecule has 128 valence electrons. The van der Waals surface area contributed by atoms with Gasteiger partial charge in [-0.05, 0) is 30.2 Å². The molecule has 0 aliphatic rings. The first-order valence-corrected chi connectivity index (χ1v) is 8.09. The Hall–Kier alpha value is -3.15. The number of nitrogens with zero attached hydrogens (tertiary/aromatic N) is 3.